The Balaban J connectivity index is 2.44. The van der Waals surface area contributed by atoms with Gasteiger partial charge in [0.05, 0.1) is 5.69 Å². The van der Waals surface area contributed by atoms with Gasteiger partial charge in [0, 0.05) is 6.61 Å². The number of hydrogen-bond acceptors (Lipinski definition) is 4. The Bertz CT molecular complexity index is 461. The minimum Gasteiger partial charge on any atom is -0.477 e. The highest BCUT2D eigenvalue weighted by Gasteiger charge is 2.40. The predicted octanol–water partition coefficient (Wildman–Crippen LogP) is 3.77. The summed E-state index contributed by atoms with van der Waals surface area (Å²) < 4.78 is 5.96. The Labute approximate surface area is 117 Å². The highest BCUT2D eigenvalue weighted by molar-refractivity contribution is 7.13. The Kier molecular flexibility index (Phi) is 4.26. The van der Waals surface area contributed by atoms with Crippen LogP contribution in [0, 0.1) is 0 Å². The van der Waals surface area contributed by atoms with Crippen LogP contribution in [0.4, 0.5) is 0 Å². The van der Waals surface area contributed by atoms with Crippen LogP contribution in [0.1, 0.15) is 72.7 Å². The second-order valence-corrected chi connectivity index (χ2v) is 6.33. The Morgan fingerprint density at radius 1 is 1.47 bits per heavy atom. The molecule has 0 aromatic carbocycles. The number of thiazole rings is 1. The number of rotatable bonds is 5. The molecule has 5 heteroatoms. The summed E-state index contributed by atoms with van der Waals surface area (Å²) in [5, 5.41) is 10.2. The fourth-order valence-electron chi connectivity index (χ4n) is 2.71. The van der Waals surface area contributed by atoms with Crippen molar-refractivity contribution in [2.75, 3.05) is 6.61 Å². The topological polar surface area (TPSA) is 59.4 Å². The first kappa shape index (κ1) is 14.5. The highest BCUT2D eigenvalue weighted by atomic mass is 32.1. The van der Waals surface area contributed by atoms with Gasteiger partial charge in [-0.2, -0.15) is 0 Å². The standard InChI is InChI=1S/C14H21NO3S/c1-4-18-14(7-5-6-8-14)13-15-10(9(2)3)11(19-13)12(16)17/h9H,4-8H2,1-3H3,(H,16,17). The highest BCUT2D eigenvalue weighted by Crippen LogP contribution is 2.45. The van der Waals surface area contributed by atoms with Crippen LogP contribution in [0.5, 0.6) is 0 Å². The maximum atomic E-state index is 11.3. The van der Waals surface area contributed by atoms with Crippen molar-refractivity contribution >= 4 is 17.3 Å². The van der Waals surface area contributed by atoms with E-state index >= 15 is 0 Å². The van der Waals surface area contributed by atoms with Gasteiger partial charge in [-0.05, 0) is 25.7 Å². The first-order chi connectivity index (χ1) is 9.00. The fraction of sp³-hybridized carbons (Fsp3) is 0.714. The molecule has 1 heterocycles. The molecule has 1 aromatic heterocycles. The number of aromatic nitrogens is 1. The SMILES string of the molecule is CCOC1(c2nc(C(C)C)c(C(=O)O)s2)CCCC1. The van der Waals surface area contributed by atoms with E-state index in [2.05, 4.69) is 4.98 Å². The fourth-order valence-corrected chi connectivity index (χ4v) is 3.97. The van der Waals surface area contributed by atoms with Gasteiger partial charge < -0.3 is 9.84 Å². The summed E-state index contributed by atoms with van der Waals surface area (Å²) in [6.45, 7) is 6.58. The monoisotopic (exact) mass is 283 g/mol. The van der Waals surface area contributed by atoms with Crippen LogP contribution in [0.3, 0.4) is 0 Å². The maximum absolute atomic E-state index is 11.3. The van der Waals surface area contributed by atoms with Crippen LogP contribution >= 0.6 is 11.3 Å². The van der Waals surface area contributed by atoms with Crippen molar-refractivity contribution in [3.63, 3.8) is 0 Å². The van der Waals surface area contributed by atoms with Gasteiger partial charge in [0.1, 0.15) is 15.5 Å². The average molecular weight is 283 g/mol. The van der Waals surface area contributed by atoms with Crippen molar-refractivity contribution in [2.24, 2.45) is 0 Å². The number of carboxylic acids is 1. The lowest BCUT2D eigenvalue weighted by atomic mass is 10.0. The molecule has 2 rings (SSSR count). The van der Waals surface area contributed by atoms with Crippen LogP contribution < -0.4 is 0 Å². The zero-order chi connectivity index (χ0) is 14.0. The largest absolute Gasteiger partial charge is 0.477 e. The molecule has 0 spiro atoms. The summed E-state index contributed by atoms with van der Waals surface area (Å²) in [5.74, 6) is -0.756. The van der Waals surface area contributed by atoms with Gasteiger partial charge in [-0.1, -0.05) is 26.7 Å². The summed E-state index contributed by atoms with van der Waals surface area (Å²) in [4.78, 5) is 16.3. The Hall–Kier alpha value is -0.940. The van der Waals surface area contributed by atoms with E-state index in [4.69, 9.17) is 4.74 Å². The van der Waals surface area contributed by atoms with E-state index in [0.29, 0.717) is 17.2 Å². The summed E-state index contributed by atoms with van der Waals surface area (Å²) in [6, 6.07) is 0. The van der Waals surface area contributed by atoms with Gasteiger partial charge in [-0.15, -0.1) is 11.3 Å². The second kappa shape index (κ2) is 5.59. The van der Waals surface area contributed by atoms with Crippen LogP contribution in [0.25, 0.3) is 0 Å². The van der Waals surface area contributed by atoms with Gasteiger partial charge in [0.15, 0.2) is 0 Å². The molecule has 0 amide bonds. The van der Waals surface area contributed by atoms with Crippen molar-refractivity contribution in [2.45, 2.75) is 58.0 Å². The molecule has 0 saturated heterocycles. The minimum absolute atomic E-state index is 0.121. The van der Waals surface area contributed by atoms with Gasteiger partial charge in [-0.3, -0.25) is 0 Å². The number of hydrogen-bond donors (Lipinski definition) is 1. The van der Waals surface area contributed by atoms with Gasteiger partial charge in [0.25, 0.3) is 0 Å². The molecule has 1 aliphatic rings. The van der Waals surface area contributed by atoms with Gasteiger partial charge in [-0.25, -0.2) is 9.78 Å². The van der Waals surface area contributed by atoms with Gasteiger partial charge >= 0.3 is 5.97 Å². The molecule has 0 unspecified atom stereocenters. The normalized spacial score (nSPS) is 18.1. The van der Waals surface area contributed by atoms with Crippen LogP contribution in [0.15, 0.2) is 0 Å². The molecule has 106 valence electrons. The molecular formula is C14H21NO3S. The lowest BCUT2D eigenvalue weighted by Crippen LogP contribution is -2.26. The molecule has 0 bridgehead atoms. The van der Waals surface area contributed by atoms with E-state index in [1.165, 1.54) is 11.3 Å². The molecule has 4 nitrogen and oxygen atoms in total. The molecule has 0 radical (unpaired) electrons. The van der Waals surface area contributed by atoms with E-state index in [9.17, 15) is 9.90 Å². The van der Waals surface area contributed by atoms with Crippen molar-refractivity contribution < 1.29 is 14.6 Å². The molecule has 1 aliphatic carbocycles. The van der Waals surface area contributed by atoms with Crippen LogP contribution in [0.2, 0.25) is 0 Å². The smallest absolute Gasteiger partial charge is 0.347 e. The number of aromatic carboxylic acids is 1. The van der Waals surface area contributed by atoms with E-state index in [1.807, 2.05) is 20.8 Å². The third-order valence-corrected chi connectivity index (χ3v) is 4.86. The molecule has 1 aromatic rings. The summed E-state index contributed by atoms with van der Waals surface area (Å²) >= 11 is 1.30. The minimum atomic E-state index is -0.878. The van der Waals surface area contributed by atoms with Crippen LogP contribution in [-0.4, -0.2) is 22.7 Å². The molecular weight excluding hydrogens is 262 g/mol. The van der Waals surface area contributed by atoms with E-state index in [1.54, 1.807) is 0 Å². The first-order valence-electron chi connectivity index (χ1n) is 6.88. The molecule has 1 saturated carbocycles. The Morgan fingerprint density at radius 2 is 2.11 bits per heavy atom. The summed E-state index contributed by atoms with van der Waals surface area (Å²) in [5.41, 5.74) is 0.356. The quantitative estimate of drug-likeness (QED) is 0.893. The molecule has 0 aliphatic heterocycles. The second-order valence-electron chi connectivity index (χ2n) is 5.33. The zero-order valence-electron chi connectivity index (χ0n) is 11.7. The summed E-state index contributed by atoms with van der Waals surface area (Å²) in [7, 11) is 0. The lowest BCUT2D eigenvalue weighted by Gasteiger charge is -2.26. The summed E-state index contributed by atoms with van der Waals surface area (Å²) in [6.07, 6.45) is 4.15. The van der Waals surface area contributed by atoms with Crippen molar-refractivity contribution in [3.05, 3.63) is 15.6 Å². The number of carboxylic acid groups (broad SMARTS) is 1. The molecule has 1 N–H and O–H groups in total. The van der Waals surface area contributed by atoms with Crippen molar-refractivity contribution in [1.29, 1.82) is 0 Å². The zero-order valence-corrected chi connectivity index (χ0v) is 12.5. The first-order valence-corrected chi connectivity index (χ1v) is 7.70. The third-order valence-electron chi connectivity index (χ3n) is 3.62. The van der Waals surface area contributed by atoms with Gasteiger partial charge in [0.2, 0.25) is 0 Å². The number of ether oxygens (including phenoxy) is 1. The van der Waals surface area contributed by atoms with E-state index < -0.39 is 5.97 Å². The number of nitrogens with zero attached hydrogens (tertiary/aromatic N) is 1. The van der Waals surface area contributed by atoms with E-state index in [-0.39, 0.29) is 11.5 Å². The Morgan fingerprint density at radius 3 is 2.53 bits per heavy atom. The molecule has 0 atom stereocenters. The lowest BCUT2D eigenvalue weighted by molar-refractivity contribution is -0.0392. The van der Waals surface area contributed by atoms with Crippen LogP contribution in [-0.2, 0) is 10.3 Å². The predicted molar refractivity (Wildman–Crippen MR) is 74.9 cm³/mol. The van der Waals surface area contributed by atoms with Crippen molar-refractivity contribution in [3.8, 4) is 0 Å². The van der Waals surface area contributed by atoms with E-state index in [0.717, 1.165) is 30.7 Å². The molecule has 1 fully saturated rings. The van der Waals surface area contributed by atoms with Crippen molar-refractivity contribution in [1.82, 2.24) is 4.98 Å². The molecule has 19 heavy (non-hydrogen) atoms. The maximum Gasteiger partial charge on any atom is 0.347 e. The number of carbonyl (C=O) groups is 1. The average Bonchev–Trinajstić information content (AvgIpc) is 2.94. The third kappa shape index (κ3) is 2.67.